The standard InChI is InChI=1S/C30H50O/c1-27(2)25-14-13-23-22-9-7-18-17-19(31)8-10-20(18)21(22)11-12-24(23)26(25)30(6,28(27,3)4)29(5)15-16-29/h18-26,31H,7-17H2,1-6H3. The maximum Gasteiger partial charge on any atom is 0.0543 e. The lowest BCUT2D eigenvalue weighted by atomic mass is 9.45. The van der Waals surface area contributed by atoms with E-state index in [4.69, 9.17) is 0 Å². The zero-order chi connectivity index (χ0) is 22.0. The predicted molar refractivity (Wildman–Crippen MR) is 128 cm³/mol. The molecule has 6 rings (SSSR count). The molecular formula is C30H50O. The number of aliphatic hydroxyl groups is 1. The molecule has 0 saturated heterocycles. The number of rotatable bonds is 1. The monoisotopic (exact) mass is 426 g/mol. The van der Waals surface area contributed by atoms with Crippen LogP contribution in [0.5, 0.6) is 0 Å². The summed E-state index contributed by atoms with van der Waals surface area (Å²) >= 11 is 0. The molecule has 1 nitrogen and oxygen atoms in total. The molecule has 0 aromatic heterocycles. The van der Waals surface area contributed by atoms with Gasteiger partial charge in [-0.25, -0.2) is 0 Å². The average Bonchev–Trinajstić information content (AvgIpc) is 3.47. The maximum absolute atomic E-state index is 10.3. The molecule has 0 aliphatic heterocycles. The van der Waals surface area contributed by atoms with E-state index < -0.39 is 0 Å². The topological polar surface area (TPSA) is 20.2 Å². The quantitative estimate of drug-likeness (QED) is 0.455. The first kappa shape index (κ1) is 21.5. The van der Waals surface area contributed by atoms with Crippen LogP contribution in [0.15, 0.2) is 0 Å². The van der Waals surface area contributed by atoms with Crippen molar-refractivity contribution in [1.29, 1.82) is 0 Å². The summed E-state index contributed by atoms with van der Waals surface area (Å²) in [5, 5.41) is 10.3. The molecule has 0 aromatic rings. The second kappa shape index (κ2) is 6.55. The molecule has 0 amide bonds. The lowest BCUT2D eigenvalue weighted by Gasteiger charge is -2.60. The average molecular weight is 427 g/mol. The minimum absolute atomic E-state index is 0.00697. The Morgan fingerprint density at radius 2 is 1.16 bits per heavy atom. The zero-order valence-corrected chi connectivity index (χ0v) is 21.4. The molecule has 6 fully saturated rings. The van der Waals surface area contributed by atoms with E-state index in [0.717, 1.165) is 60.2 Å². The van der Waals surface area contributed by atoms with Gasteiger partial charge >= 0.3 is 0 Å². The van der Waals surface area contributed by atoms with Crippen LogP contribution in [-0.2, 0) is 0 Å². The Morgan fingerprint density at radius 1 is 0.613 bits per heavy atom. The van der Waals surface area contributed by atoms with E-state index in [9.17, 15) is 5.11 Å². The smallest absolute Gasteiger partial charge is 0.0543 e. The summed E-state index contributed by atoms with van der Waals surface area (Å²) in [5.41, 5.74) is 1.96. The Morgan fingerprint density at radius 3 is 1.87 bits per heavy atom. The summed E-state index contributed by atoms with van der Waals surface area (Å²) in [4.78, 5) is 0. The summed E-state index contributed by atoms with van der Waals surface area (Å²) in [5.74, 6) is 7.70. The van der Waals surface area contributed by atoms with Crippen LogP contribution in [0.2, 0.25) is 0 Å². The zero-order valence-electron chi connectivity index (χ0n) is 21.4. The minimum Gasteiger partial charge on any atom is -0.393 e. The van der Waals surface area contributed by atoms with Crippen LogP contribution < -0.4 is 0 Å². The Kier molecular flexibility index (Phi) is 4.54. The molecule has 1 N–H and O–H groups in total. The molecule has 6 saturated carbocycles. The van der Waals surface area contributed by atoms with Crippen molar-refractivity contribution in [3.8, 4) is 0 Å². The van der Waals surface area contributed by atoms with Gasteiger partial charge in [0.25, 0.3) is 0 Å². The van der Waals surface area contributed by atoms with Crippen LogP contribution in [0.1, 0.15) is 112 Å². The van der Waals surface area contributed by atoms with Gasteiger partial charge in [-0.1, -0.05) is 41.5 Å². The highest BCUT2D eigenvalue weighted by atomic mass is 16.3. The summed E-state index contributed by atoms with van der Waals surface area (Å²) < 4.78 is 0. The molecule has 31 heavy (non-hydrogen) atoms. The molecule has 0 aromatic carbocycles. The lowest BCUT2D eigenvalue weighted by Crippen LogP contribution is -2.53. The third-order valence-electron chi connectivity index (χ3n) is 14.4. The maximum atomic E-state index is 10.3. The third kappa shape index (κ3) is 2.54. The third-order valence-corrected chi connectivity index (χ3v) is 14.4. The van der Waals surface area contributed by atoms with Gasteiger partial charge in [0.05, 0.1) is 6.10 Å². The van der Waals surface area contributed by atoms with E-state index >= 15 is 0 Å². The molecule has 6 aliphatic carbocycles. The summed E-state index contributed by atoms with van der Waals surface area (Å²) in [6, 6.07) is 0. The first-order chi connectivity index (χ1) is 14.5. The second-order valence-electron chi connectivity index (χ2n) is 15.0. The number of aliphatic hydroxyl groups excluding tert-OH is 1. The van der Waals surface area contributed by atoms with E-state index in [1.165, 1.54) is 57.8 Å². The molecule has 0 spiro atoms. The van der Waals surface area contributed by atoms with E-state index in [1.54, 1.807) is 0 Å². The molecule has 0 bridgehead atoms. The number of hydrogen-bond donors (Lipinski definition) is 1. The van der Waals surface area contributed by atoms with Crippen LogP contribution in [-0.4, -0.2) is 11.2 Å². The van der Waals surface area contributed by atoms with Gasteiger partial charge in [0.2, 0.25) is 0 Å². The first-order valence-corrected chi connectivity index (χ1v) is 14.2. The normalized spacial score (nSPS) is 56.0. The SMILES string of the molecule is CC1(C2(C)C3C4CCC5C6CCC(O)CC6CCC5C4CCC3C(C)(C)C2(C)C)CC1. The number of fused-ring (bicyclic) bond motifs is 7. The molecule has 0 radical (unpaired) electrons. The Bertz CT molecular complexity index is 731. The van der Waals surface area contributed by atoms with Crippen LogP contribution in [0.25, 0.3) is 0 Å². The fourth-order valence-electron chi connectivity index (χ4n) is 11.7. The number of hydrogen-bond acceptors (Lipinski definition) is 1. The summed E-state index contributed by atoms with van der Waals surface area (Å²) in [6.07, 6.45) is 15.5. The van der Waals surface area contributed by atoms with Crippen molar-refractivity contribution in [2.45, 2.75) is 118 Å². The Labute approximate surface area is 192 Å². The van der Waals surface area contributed by atoms with Gasteiger partial charge in [-0.2, -0.15) is 0 Å². The van der Waals surface area contributed by atoms with Gasteiger partial charge in [-0.3, -0.25) is 0 Å². The summed E-state index contributed by atoms with van der Waals surface area (Å²) in [6.45, 7) is 16.1. The summed E-state index contributed by atoms with van der Waals surface area (Å²) in [7, 11) is 0. The van der Waals surface area contributed by atoms with Gasteiger partial charge in [-0.15, -0.1) is 0 Å². The predicted octanol–water partition coefficient (Wildman–Crippen LogP) is 7.71. The molecule has 10 atom stereocenters. The molecule has 10 unspecified atom stereocenters. The largest absolute Gasteiger partial charge is 0.393 e. The van der Waals surface area contributed by atoms with Crippen molar-refractivity contribution >= 4 is 0 Å². The minimum atomic E-state index is 0.00697. The van der Waals surface area contributed by atoms with Gasteiger partial charge in [0.1, 0.15) is 0 Å². The van der Waals surface area contributed by atoms with E-state index in [0.29, 0.717) is 21.7 Å². The highest BCUT2D eigenvalue weighted by molar-refractivity contribution is 5.23. The first-order valence-electron chi connectivity index (χ1n) is 14.2. The van der Waals surface area contributed by atoms with Gasteiger partial charge < -0.3 is 5.11 Å². The van der Waals surface area contributed by atoms with Crippen molar-refractivity contribution in [3.63, 3.8) is 0 Å². The Hall–Kier alpha value is -0.0400. The second-order valence-corrected chi connectivity index (χ2v) is 15.0. The van der Waals surface area contributed by atoms with E-state index in [-0.39, 0.29) is 6.10 Å². The van der Waals surface area contributed by atoms with Crippen LogP contribution in [0.3, 0.4) is 0 Å². The van der Waals surface area contributed by atoms with Crippen LogP contribution in [0.4, 0.5) is 0 Å². The van der Waals surface area contributed by atoms with Crippen molar-refractivity contribution in [2.75, 3.05) is 0 Å². The molecule has 176 valence electrons. The van der Waals surface area contributed by atoms with Crippen molar-refractivity contribution < 1.29 is 5.11 Å². The lowest BCUT2D eigenvalue weighted by molar-refractivity contribution is -0.115. The van der Waals surface area contributed by atoms with Gasteiger partial charge in [0.15, 0.2) is 0 Å². The van der Waals surface area contributed by atoms with Crippen LogP contribution >= 0.6 is 0 Å². The fraction of sp³-hybridized carbons (Fsp3) is 1.00. The molecule has 0 heterocycles. The van der Waals surface area contributed by atoms with Crippen molar-refractivity contribution in [2.24, 2.45) is 69.0 Å². The fourth-order valence-corrected chi connectivity index (χ4v) is 11.7. The van der Waals surface area contributed by atoms with Crippen molar-refractivity contribution in [3.05, 3.63) is 0 Å². The van der Waals surface area contributed by atoms with Gasteiger partial charge in [-0.05, 0) is 140 Å². The van der Waals surface area contributed by atoms with E-state index in [1.807, 2.05) is 0 Å². The van der Waals surface area contributed by atoms with Gasteiger partial charge in [0, 0.05) is 0 Å². The highest BCUT2D eigenvalue weighted by Gasteiger charge is 2.75. The van der Waals surface area contributed by atoms with E-state index in [2.05, 4.69) is 41.5 Å². The van der Waals surface area contributed by atoms with Crippen LogP contribution in [0, 0.1) is 69.0 Å². The molecular weight excluding hydrogens is 376 g/mol. The molecule has 6 aliphatic rings. The molecule has 1 heteroatoms. The highest BCUT2D eigenvalue weighted by Crippen LogP contribution is 2.82. The van der Waals surface area contributed by atoms with Crippen molar-refractivity contribution in [1.82, 2.24) is 0 Å². The Balaban J connectivity index is 1.34.